The number of nitrogen functional groups attached to an aromatic ring is 2. The molecule has 1 aromatic heterocycles. The van der Waals surface area contributed by atoms with Crippen molar-refractivity contribution < 1.29 is 0 Å². The highest BCUT2D eigenvalue weighted by Crippen LogP contribution is 2.34. The molecule has 0 saturated carbocycles. The van der Waals surface area contributed by atoms with Crippen LogP contribution in [0.5, 0.6) is 0 Å². The zero-order chi connectivity index (χ0) is 7.84. The van der Waals surface area contributed by atoms with Crippen LogP contribution >= 0.6 is 11.3 Å². The lowest BCUT2D eigenvalue weighted by Crippen LogP contribution is -1.87. The molecule has 0 aliphatic rings. The standard InChI is InChI=1S/C8H8N2S/c9-7-5-3-1-2-4-6(5)11-8(7)10/h1-4H,9-10H2. The minimum atomic E-state index is 0.714. The third kappa shape index (κ3) is 0.851. The van der Waals surface area contributed by atoms with Crippen LogP contribution in [-0.4, -0.2) is 0 Å². The lowest BCUT2D eigenvalue weighted by molar-refractivity contribution is 1.83. The fraction of sp³-hybridized carbons (Fsp3) is 0. The Hall–Kier alpha value is -1.22. The van der Waals surface area contributed by atoms with Gasteiger partial charge in [-0.1, -0.05) is 18.2 Å². The molecule has 0 bridgehead atoms. The van der Waals surface area contributed by atoms with Crippen molar-refractivity contribution in [1.29, 1.82) is 0 Å². The molecular formula is C8H8N2S. The molecule has 0 atom stereocenters. The van der Waals surface area contributed by atoms with E-state index in [0.717, 1.165) is 10.1 Å². The van der Waals surface area contributed by atoms with Gasteiger partial charge >= 0.3 is 0 Å². The Bertz CT molecular complexity index is 392. The summed E-state index contributed by atoms with van der Waals surface area (Å²) < 4.78 is 1.16. The van der Waals surface area contributed by atoms with E-state index in [-0.39, 0.29) is 0 Å². The molecule has 4 N–H and O–H groups in total. The van der Waals surface area contributed by atoms with E-state index in [4.69, 9.17) is 11.5 Å². The Morgan fingerprint density at radius 2 is 1.82 bits per heavy atom. The Morgan fingerprint density at radius 3 is 2.55 bits per heavy atom. The molecule has 0 aliphatic heterocycles. The highest BCUT2D eigenvalue weighted by molar-refractivity contribution is 7.23. The minimum Gasteiger partial charge on any atom is -0.396 e. The molecule has 0 saturated heterocycles. The van der Waals surface area contributed by atoms with E-state index < -0.39 is 0 Å². The molecule has 2 nitrogen and oxygen atoms in total. The van der Waals surface area contributed by atoms with Gasteiger partial charge in [-0.2, -0.15) is 0 Å². The maximum Gasteiger partial charge on any atom is 0.110 e. The molecule has 0 unspecified atom stereocenters. The van der Waals surface area contributed by atoms with E-state index in [0.29, 0.717) is 10.7 Å². The monoisotopic (exact) mass is 164 g/mol. The number of fused-ring (bicyclic) bond motifs is 1. The molecule has 11 heavy (non-hydrogen) atoms. The summed E-state index contributed by atoms with van der Waals surface area (Å²) in [4.78, 5) is 0. The molecule has 3 heteroatoms. The molecule has 2 aromatic rings. The fourth-order valence-electron chi connectivity index (χ4n) is 1.08. The molecule has 0 aliphatic carbocycles. The van der Waals surface area contributed by atoms with Crippen molar-refractivity contribution in [3.8, 4) is 0 Å². The van der Waals surface area contributed by atoms with Gasteiger partial charge in [0.25, 0.3) is 0 Å². The second-order valence-corrected chi connectivity index (χ2v) is 3.46. The van der Waals surface area contributed by atoms with E-state index in [9.17, 15) is 0 Å². The van der Waals surface area contributed by atoms with Crippen molar-refractivity contribution in [3.63, 3.8) is 0 Å². The predicted octanol–water partition coefficient (Wildman–Crippen LogP) is 2.07. The van der Waals surface area contributed by atoms with Gasteiger partial charge in [-0.15, -0.1) is 11.3 Å². The number of hydrogen-bond acceptors (Lipinski definition) is 3. The van der Waals surface area contributed by atoms with Crippen molar-refractivity contribution in [1.82, 2.24) is 0 Å². The summed E-state index contributed by atoms with van der Waals surface area (Å²) in [7, 11) is 0. The van der Waals surface area contributed by atoms with Crippen molar-refractivity contribution in [3.05, 3.63) is 24.3 Å². The maximum atomic E-state index is 5.72. The van der Waals surface area contributed by atoms with Gasteiger partial charge in [-0.3, -0.25) is 0 Å². The zero-order valence-corrected chi connectivity index (χ0v) is 6.69. The van der Waals surface area contributed by atoms with Crippen molar-refractivity contribution in [2.75, 3.05) is 11.5 Å². The van der Waals surface area contributed by atoms with E-state index in [1.807, 2.05) is 24.3 Å². The molecule has 1 aromatic carbocycles. The third-order valence-electron chi connectivity index (χ3n) is 1.66. The Kier molecular flexibility index (Phi) is 1.26. The molecule has 0 radical (unpaired) electrons. The van der Waals surface area contributed by atoms with Gasteiger partial charge in [-0.05, 0) is 6.07 Å². The molecule has 1 heterocycles. The molecule has 2 rings (SSSR count). The van der Waals surface area contributed by atoms with Crippen LogP contribution in [0.15, 0.2) is 24.3 Å². The van der Waals surface area contributed by atoms with Gasteiger partial charge in [0.2, 0.25) is 0 Å². The minimum absolute atomic E-state index is 0.714. The lowest BCUT2D eigenvalue weighted by atomic mass is 10.2. The van der Waals surface area contributed by atoms with E-state index >= 15 is 0 Å². The number of thiophene rings is 1. The first kappa shape index (κ1) is 6.49. The van der Waals surface area contributed by atoms with Crippen LogP contribution in [0.3, 0.4) is 0 Å². The van der Waals surface area contributed by atoms with Crippen molar-refractivity contribution >= 4 is 32.1 Å². The first-order valence-corrected chi connectivity index (χ1v) is 4.13. The van der Waals surface area contributed by atoms with Gasteiger partial charge in [0.1, 0.15) is 5.00 Å². The number of hydrogen-bond donors (Lipinski definition) is 2. The fourth-order valence-corrected chi connectivity index (χ4v) is 1.98. The average molecular weight is 164 g/mol. The van der Waals surface area contributed by atoms with Crippen LogP contribution in [0.25, 0.3) is 10.1 Å². The zero-order valence-electron chi connectivity index (χ0n) is 5.87. The topological polar surface area (TPSA) is 52.0 Å². The van der Waals surface area contributed by atoms with Crippen LogP contribution in [0.1, 0.15) is 0 Å². The van der Waals surface area contributed by atoms with Crippen LogP contribution < -0.4 is 11.5 Å². The number of nitrogens with two attached hydrogens (primary N) is 2. The lowest BCUT2D eigenvalue weighted by Gasteiger charge is -1.88. The van der Waals surface area contributed by atoms with Crippen molar-refractivity contribution in [2.45, 2.75) is 0 Å². The van der Waals surface area contributed by atoms with Crippen LogP contribution in [-0.2, 0) is 0 Å². The van der Waals surface area contributed by atoms with Crippen LogP contribution in [0.2, 0.25) is 0 Å². The van der Waals surface area contributed by atoms with Crippen molar-refractivity contribution in [2.24, 2.45) is 0 Å². The Morgan fingerprint density at radius 1 is 1.09 bits per heavy atom. The normalized spacial score (nSPS) is 10.5. The Balaban J connectivity index is 2.92. The quantitative estimate of drug-likeness (QED) is 0.626. The number of anilines is 2. The summed E-state index contributed by atoms with van der Waals surface area (Å²) in [6.45, 7) is 0. The molecular weight excluding hydrogens is 156 g/mol. The van der Waals surface area contributed by atoms with Gasteiger partial charge < -0.3 is 11.5 Å². The molecule has 0 fully saturated rings. The highest BCUT2D eigenvalue weighted by atomic mass is 32.1. The first-order chi connectivity index (χ1) is 5.29. The summed E-state index contributed by atoms with van der Waals surface area (Å²) in [6, 6.07) is 7.95. The SMILES string of the molecule is Nc1sc2ccccc2c1N. The molecule has 0 spiro atoms. The third-order valence-corrected chi connectivity index (χ3v) is 2.68. The van der Waals surface area contributed by atoms with Gasteiger partial charge in [0.05, 0.1) is 5.69 Å². The van der Waals surface area contributed by atoms with Crippen LogP contribution in [0, 0.1) is 0 Å². The average Bonchev–Trinajstić information content (AvgIpc) is 2.30. The summed E-state index contributed by atoms with van der Waals surface area (Å²) in [5, 5.41) is 1.78. The summed E-state index contributed by atoms with van der Waals surface area (Å²) >= 11 is 1.53. The van der Waals surface area contributed by atoms with Gasteiger partial charge in [0.15, 0.2) is 0 Å². The molecule has 56 valence electrons. The second-order valence-electron chi connectivity index (χ2n) is 2.38. The maximum absolute atomic E-state index is 5.72. The van der Waals surface area contributed by atoms with Crippen LogP contribution in [0.4, 0.5) is 10.7 Å². The number of benzene rings is 1. The van der Waals surface area contributed by atoms with E-state index in [2.05, 4.69) is 0 Å². The van der Waals surface area contributed by atoms with Gasteiger partial charge in [0, 0.05) is 10.1 Å². The number of rotatable bonds is 0. The summed E-state index contributed by atoms with van der Waals surface area (Å²) in [5.74, 6) is 0. The van der Waals surface area contributed by atoms with Gasteiger partial charge in [-0.25, -0.2) is 0 Å². The smallest absolute Gasteiger partial charge is 0.110 e. The second kappa shape index (κ2) is 2.13. The summed E-state index contributed by atoms with van der Waals surface area (Å²) in [5.41, 5.74) is 12.1. The summed E-state index contributed by atoms with van der Waals surface area (Å²) in [6.07, 6.45) is 0. The predicted molar refractivity (Wildman–Crippen MR) is 50.6 cm³/mol. The Labute approximate surface area is 68.4 Å². The largest absolute Gasteiger partial charge is 0.396 e. The van der Waals surface area contributed by atoms with E-state index in [1.165, 1.54) is 11.3 Å². The first-order valence-electron chi connectivity index (χ1n) is 3.31. The van der Waals surface area contributed by atoms with E-state index in [1.54, 1.807) is 0 Å². The highest BCUT2D eigenvalue weighted by Gasteiger charge is 2.03. The molecule has 0 amide bonds.